The molecule has 0 atom stereocenters. The topological polar surface area (TPSA) is 29.5 Å². The van der Waals surface area contributed by atoms with Gasteiger partial charge in [0.15, 0.2) is 0 Å². The van der Waals surface area contributed by atoms with Crippen LogP contribution in [0.4, 0.5) is 17.1 Å². The van der Waals surface area contributed by atoms with E-state index in [1.54, 1.807) is 0 Å². The molecule has 0 fully saturated rings. The number of fused-ring (bicyclic) bond motifs is 19. The van der Waals surface area contributed by atoms with Gasteiger partial charge in [-0.3, -0.25) is 0 Å². The van der Waals surface area contributed by atoms with Gasteiger partial charge in [0.2, 0.25) is 0 Å². The molecule has 0 unspecified atom stereocenters. The maximum absolute atomic E-state index is 7.03. The first kappa shape index (κ1) is 45.0. The number of hydrogen-bond acceptors (Lipinski definition) is 3. The molecule has 0 aliphatic heterocycles. The Kier molecular flexibility index (Phi) is 9.10. The standard InChI is InChI=1S/C73H59NO2/c1-70(2,3)54-30-17-13-26-47(54)53-41-58-61(63-51-28-15-19-32-59(51)75-68(53)63)49-36-34-45(39-56(49)71(58,4)5)74(44-25-21-24-43(38-44)42-22-11-10-12-23-42)46-35-37-50-57(40-46)73(8,9)66-62(50)64-52-29-16-20-33-60(52)76-69(64)65-48-27-14-18-31-55(48)72(6,7)67(65)66/h10-41H,1-9H3. The van der Waals surface area contributed by atoms with Crippen molar-refractivity contribution in [2.45, 2.75) is 84.0 Å². The number of benzene rings is 10. The Labute approximate surface area is 445 Å². The molecule has 3 aliphatic carbocycles. The number of para-hydroxylation sites is 2. The molecule has 2 aromatic heterocycles. The number of furan rings is 2. The summed E-state index contributed by atoms with van der Waals surface area (Å²) in [6, 6.07) is 72.0. The highest BCUT2D eigenvalue weighted by atomic mass is 16.3. The van der Waals surface area contributed by atoms with Crippen LogP contribution in [0, 0.1) is 0 Å². The minimum atomic E-state index is -0.349. The van der Waals surface area contributed by atoms with E-state index in [9.17, 15) is 0 Å². The smallest absolute Gasteiger partial charge is 0.144 e. The van der Waals surface area contributed by atoms with Crippen LogP contribution in [0.15, 0.2) is 203 Å². The predicted molar refractivity (Wildman–Crippen MR) is 318 cm³/mol. The van der Waals surface area contributed by atoms with E-state index in [4.69, 9.17) is 8.83 Å². The fourth-order valence-electron chi connectivity index (χ4n) is 14.4. The number of rotatable bonds is 5. The van der Waals surface area contributed by atoms with Crippen LogP contribution in [0.5, 0.6) is 0 Å². The zero-order chi connectivity index (χ0) is 51.8. The first-order chi connectivity index (χ1) is 36.6. The Morgan fingerprint density at radius 3 is 1.57 bits per heavy atom. The molecular formula is C73H59NO2. The van der Waals surface area contributed by atoms with Gasteiger partial charge in [0.1, 0.15) is 22.3 Å². The molecule has 0 saturated carbocycles. The van der Waals surface area contributed by atoms with Crippen LogP contribution < -0.4 is 4.90 Å². The number of anilines is 3. The van der Waals surface area contributed by atoms with Crippen LogP contribution in [-0.2, 0) is 21.7 Å². The van der Waals surface area contributed by atoms with Gasteiger partial charge in [0, 0.05) is 66.0 Å². The second-order valence-electron chi connectivity index (χ2n) is 24.4. The van der Waals surface area contributed by atoms with E-state index < -0.39 is 0 Å². The molecule has 10 aromatic carbocycles. The van der Waals surface area contributed by atoms with E-state index in [-0.39, 0.29) is 21.7 Å². The lowest BCUT2D eigenvalue weighted by Gasteiger charge is -2.32. The highest BCUT2D eigenvalue weighted by Gasteiger charge is 2.49. The lowest BCUT2D eigenvalue weighted by molar-refractivity contribution is 0.591. The van der Waals surface area contributed by atoms with Crippen molar-refractivity contribution >= 4 is 60.9 Å². The van der Waals surface area contributed by atoms with E-state index >= 15 is 0 Å². The molecule has 0 N–H and O–H groups in total. The van der Waals surface area contributed by atoms with E-state index in [0.29, 0.717) is 0 Å². The molecule has 0 spiro atoms. The molecular weight excluding hydrogens is 923 g/mol. The SMILES string of the molecule is CC(C)(C)c1ccccc1-c1cc2c(c3c1oc1ccccc13)-c1ccc(N(c3cccc(-c4ccccc4)c3)c3ccc4c(c3)C(C)(C)c3c5c(c6oc7ccccc7c6c3-4)-c3ccccc3C5(C)C)cc1C2(C)C. The lowest BCUT2D eigenvalue weighted by atomic mass is 9.72. The normalized spacial score (nSPS) is 15.2. The second kappa shape index (κ2) is 15.4. The van der Waals surface area contributed by atoms with Gasteiger partial charge in [0.05, 0.1) is 0 Å². The molecule has 3 nitrogen and oxygen atoms in total. The second-order valence-corrected chi connectivity index (χ2v) is 24.4. The van der Waals surface area contributed by atoms with Crippen LogP contribution in [0.1, 0.15) is 101 Å². The van der Waals surface area contributed by atoms with E-state index in [2.05, 4.69) is 261 Å². The van der Waals surface area contributed by atoms with Crippen LogP contribution in [0.25, 0.3) is 99.5 Å². The van der Waals surface area contributed by atoms with Gasteiger partial charge in [-0.15, -0.1) is 0 Å². The zero-order valence-electron chi connectivity index (χ0n) is 44.7. The van der Waals surface area contributed by atoms with Gasteiger partial charge in [-0.1, -0.05) is 202 Å². The van der Waals surface area contributed by atoms with Gasteiger partial charge < -0.3 is 13.7 Å². The quantitative estimate of drug-likeness (QED) is 0.172. The molecule has 3 aliphatic rings. The molecule has 76 heavy (non-hydrogen) atoms. The molecule has 0 saturated heterocycles. The highest BCUT2D eigenvalue weighted by Crippen LogP contribution is 2.64. The predicted octanol–water partition coefficient (Wildman–Crippen LogP) is 20.5. The summed E-state index contributed by atoms with van der Waals surface area (Å²) in [7, 11) is 0. The average Bonchev–Trinajstić information content (AvgIpc) is 4.28. The summed E-state index contributed by atoms with van der Waals surface area (Å²) in [6.45, 7) is 21.5. The molecule has 0 amide bonds. The lowest BCUT2D eigenvalue weighted by Crippen LogP contribution is -2.24. The molecule has 15 rings (SSSR count). The minimum absolute atomic E-state index is 0.0689. The zero-order valence-corrected chi connectivity index (χ0v) is 44.7. The molecule has 0 bridgehead atoms. The van der Waals surface area contributed by atoms with Crippen molar-refractivity contribution < 1.29 is 8.83 Å². The largest absolute Gasteiger partial charge is 0.455 e. The molecule has 2 heterocycles. The van der Waals surface area contributed by atoms with Crippen molar-refractivity contribution in [1.29, 1.82) is 0 Å². The van der Waals surface area contributed by atoms with Gasteiger partial charge in [0.25, 0.3) is 0 Å². The minimum Gasteiger partial charge on any atom is -0.455 e. The molecule has 12 aromatic rings. The van der Waals surface area contributed by atoms with Crippen molar-refractivity contribution in [3.8, 4) is 55.6 Å². The fourth-order valence-corrected chi connectivity index (χ4v) is 14.4. The third-order valence-corrected chi connectivity index (χ3v) is 17.9. The fraction of sp³-hybridized carbons (Fsp3) is 0.178. The highest BCUT2D eigenvalue weighted by molar-refractivity contribution is 6.21. The Hall–Kier alpha value is -8.40. The van der Waals surface area contributed by atoms with Gasteiger partial charge in [-0.2, -0.15) is 0 Å². The number of hydrogen-bond donors (Lipinski definition) is 0. The van der Waals surface area contributed by atoms with Gasteiger partial charge in [-0.05, 0) is 143 Å². The summed E-state index contributed by atoms with van der Waals surface area (Å²) in [4.78, 5) is 2.51. The maximum Gasteiger partial charge on any atom is 0.144 e. The van der Waals surface area contributed by atoms with Crippen LogP contribution >= 0.6 is 0 Å². The van der Waals surface area contributed by atoms with Crippen molar-refractivity contribution in [2.75, 3.05) is 4.90 Å². The molecule has 3 heteroatoms. The van der Waals surface area contributed by atoms with E-state index in [1.807, 2.05) is 0 Å². The van der Waals surface area contributed by atoms with Crippen molar-refractivity contribution in [2.24, 2.45) is 0 Å². The summed E-state index contributed by atoms with van der Waals surface area (Å²) >= 11 is 0. The van der Waals surface area contributed by atoms with Crippen LogP contribution in [-0.4, -0.2) is 0 Å². The Bertz CT molecular complexity index is 4470. The van der Waals surface area contributed by atoms with Crippen molar-refractivity contribution in [3.63, 3.8) is 0 Å². The van der Waals surface area contributed by atoms with E-state index in [0.717, 1.165) is 50.3 Å². The third-order valence-electron chi connectivity index (χ3n) is 17.9. The van der Waals surface area contributed by atoms with Crippen LogP contribution in [0.2, 0.25) is 0 Å². The molecule has 368 valence electrons. The average molecular weight is 982 g/mol. The third kappa shape index (κ3) is 6.00. The summed E-state index contributed by atoms with van der Waals surface area (Å²) in [5.41, 5.74) is 27.9. The Morgan fingerprint density at radius 1 is 0.355 bits per heavy atom. The summed E-state index contributed by atoms with van der Waals surface area (Å²) in [5.74, 6) is 0. The monoisotopic (exact) mass is 981 g/mol. The number of nitrogens with zero attached hydrogens (tertiary/aromatic N) is 1. The van der Waals surface area contributed by atoms with E-state index in [1.165, 1.54) is 105 Å². The summed E-state index contributed by atoms with van der Waals surface area (Å²) in [5, 5.41) is 4.72. The first-order valence-electron chi connectivity index (χ1n) is 27.1. The first-order valence-corrected chi connectivity index (χ1v) is 27.1. The van der Waals surface area contributed by atoms with Crippen LogP contribution in [0.3, 0.4) is 0 Å². The maximum atomic E-state index is 7.03. The van der Waals surface area contributed by atoms with Crippen molar-refractivity contribution in [1.82, 2.24) is 0 Å². The van der Waals surface area contributed by atoms with Gasteiger partial charge >= 0.3 is 0 Å². The van der Waals surface area contributed by atoms with Crippen molar-refractivity contribution in [3.05, 3.63) is 233 Å². The summed E-state index contributed by atoms with van der Waals surface area (Å²) in [6.07, 6.45) is 0. The molecule has 0 radical (unpaired) electrons. The Morgan fingerprint density at radius 2 is 0.868 bits per heavy atom. The Balaban J connectivity index is 0.960. The summed E-state index contributed by atoms with van der Waals surface area (Å²) < 4.78 is 14.0. The van der Waals surface area contributed by atoms with Gasteiger partial charge in [-0.25, -0.2) is 0 Å².